The molecule has 0 N–H and O–H groups in total. The van der Waals surface area contributed by atoms with Gasteiger partial charge in [-0.1, -0.05) is 207 Å². The third-order valence-corrected chi connectivity index (χ3v) is 12.1. The molecule has 0 unspecified atom stereocenters. The Morgan fingerprint density at radius 1 is 0.298 bits per heavy atom. The second kappa shape index (κ2) is 15.4. The smallest absolute Gasteiger partial charge is 0.0540 e. The van der Waals surface area contributed by atoms with Gasteiger partial charge in [-0.25, -0.2) is 0 Å². The summed E-state index contributed by atoms with van der Waals surface area (Å²) >= 11 is 0. The highest BCUT2D eigenvalue weighted by Gasteiger charge is 2.26. The first-order valence-corrected chi connectivity index (χ1v) is 20.6. The van der Waals surface area contributed by atoms with Crippen LogP contribution in [0.1, 0.15) is 43.6 Å². The van der Waals surface area contributed by atoms with E-state index in [0.29, 0.717) is 5.92 Å². The molecule has 0 amide bonds. The Labute approximate surface area is 336 Å². The molecule has 1 saturated carbocycles. The van der Waals surface area contributed by atoms with Crippen LogP contribution >= 0.6 is 0 Å². The van der Waals surface area contributed by atoms with E-state index in [1.165, 1.54) is 104 Å². The number of anilines is 3. The SMILES string of the molecule is c1ccc(-c2ccccc2N(c2ccccc2-c2cccc3cccc(-c4ccccc4)c23)c2ccccc2-c2cccc3cccc(C4CCCCC4)c23)cc1. The molecule has 0 aliphatic heterocycles. The molecule has 10 rings (SSSR count). The van der Waals surface area contributed by atoms with E-state index < -0.39 is 0 Å². The maximum atomic E-state index is 2.54. The molecule has 0 radical (unpaired) electrons. The maximum Gasteiger partial charge on any atom is 0.0540 e. The third kappa shape index (κ3) is 6.50. The fourth-order valence-electron chi connectivity index (χ4n) is 9.48. The molecule has 1 heteroatoms. The van der Waals surface area contributed by atoms with Crippen LogP contribution < -0.4 is 4.90 Å². The number of hydrogen-bond acceptors (Lipinski definition) is 1. The summed E-state index contributed by atoms with van der Waals surface area (Å²) in [6.45, 7) is 0. The van der Waals surface area contributed by atoms with Crippen molar-refractivity contribution in [3.8, 4) is 44.5 Å². The summed E-state index contributed by atoms with van der Waals surface area (Å²) in [5.41, 5.74) is 14.7. The van der Waals surface area contributed by atoms with Crippen molar-refractivity contribution >= 4 is 38.6 Å². The highest BCUT2D eigenvalue weighted by Crippen LogP contribution is 2.50. The Bertz CT molecular complexity index is 2820. The number of para-hydroxylation sites is 3. The lowest BCUT2D eigenvalue weighted by atomic mass is 9.80. The summed E-state index contributed by atoms with van der Waals surface area (Å²) in [5.74, 6) is 0.580. The van der Waals surface area contributed by atoms with E-state index in [1.54, 1.807) is 0 Å². The second-order valence-corrected chi connectivity index (χ2v) is 15.4. The van der Waals surface area contributed by atoms with Crippen LogP contribution in [0.3, 0.4) is 0 Å². The molecule has 57 heavy (non-hydrogen) atoms. The van der Waals surface area contributed by atoms with Crippen molar-refractivity contribution in [3.05, 3.63) is 212 Å². The molecule has 0 atom stereocenters. The minimum atomic E-state index is 0.580. The molecule has 274 valence electrons. The fraction of sp³-hybridized carbons (Fsp3) is 0.107. The van der Waals surface area contributed by atoms with Crippen LogP contribution in [0.4, 0.5) is 17.1 Å². The van der Waals surface area contributed by atoms with Gasteiger partial charge in [-0.05, 0) is 91.9 Å². The van der Waals surface area contributed by atoms with E-state index >= 15 is 0 Å². The van der Waals surface area contributed by atoms with Crippen LogP contribution in [-0.2, 0) is 0 Å². The van der Waals surface area contributed by atoms with Gasteiger partial charge in [-0.3, -0.25) is 0 Å². The fourth-order valence-corrected chi connectivity index (χ4v) is 9.48. The van der Waals surface area contributed by atoms with E-state index in [9.17, 15) is 0 Å². The number of fused-ring (bicyclic) bond motifs is 2. The first kappa shape index (κ1) is 34.8. The lowest BCUT2D eigenvalue weighted by molar-refractivity contribution is 0.445. The molecule has 0 aromatic heterocycles. The number of rotatable bonds is 8. The van der Waals surface area contributed by atoms with E-state index in [-0.39, 0.29) is 0 Å². The highest BCUT2D eigenvalue weighted by molar-refractivity contribution is 6.10. The van der Waals surface area contributed by atoms with E-state index in [2.05, 4.69) is 211 Å². The normalized spacial score (nSPS) is 13.2. The quantitative estimate of drug-likeness (QED) is 0.150. The van der Waals surface area contributed by atoms with Gasteiger partial charge >= 0.3 is 0 Å². The van der Waals surface area contributed by atoms with Gasteiger partial charge in [0.05, 0.1) is 17.1 Å². The second-order valence-electron chi connectivity index (χ2n) is 15.4. The van der Waals surface area contributed by atoms with Gasteiger partial charge in [0.25, 0.3) is 0 Å². The molecule has 9 aromatic rings. The van der Waals surface area contributed by atoms with Crippen LogP contribution in [0.15, 0.2) is 206 Å². The topological polar surface area (TPSA) is 3.24 Å². The summed E-state index contributed by atoms with van der Waals surface area (Å²) in [6, 6.07) is 76.0. The zero-order chi connectivity index (χ0) is 38.0. The third-order valence-electron chi connectivity index (χ3n) is 12.1. The van der Waals surface area contributed by atoms with Crippen molar-refractivity contribution in [1.82, 2.24) is 0 Å². The van der Waals surface area contributed by atoms with E-state index in [1.807, 2.05) is 0 Å². The van der Waals surface area contributed by atoms with Gasteiger partial charge in [0, 0.05) is 16.7 Å². The molecular formula is C56H45N. The van der Waals surface area contributed by atoms with Crippen molar-refractivity contribution < 1.29 is 0 Å². The zero-order valence-electron chi connectivity index (χ0n) is 32.2. The summed E-state index contributed by atoms with van der Waals surface area (Å²) in [6.07, 6.45) is 6.47. The number of hydrogen-bond donors (Lipinski definition) is 0. The van der Waals surface area contributed by atoms with Gasteiger partial charge in [0.15, 0.2) is 0 Å². The van der Waals surface area contributed by atoms with Crippen LogP contribution in [0.5, 0.6) is 0 Å². The predicted molar refractivity (Wildman–Crippen MR) is 244 cm³/mol. The molecule has 1 aliphatic rings. The van der Waals surface area contributed by atoms with Crippen molar-refractivity contribution in [2.24, 2.45) is 0 Å². The lowest BCUT2D eigenvalue weighted by Gasteiger charge is -2.32. The first-order chi connectivity index (χ1) is 28.3. The van der Waals surface area contributed by atoms with Gasteiger partial charge < -0.3 is 4.90 Å². The van der Waals surface area contributed by atoms with Crippen molar-refractivity contribution in [3.63, 3.8) is 0 Å². The molecular weight excluding hydrogens is 687 g/mol. The van der Waals surface area contributed by atoms with Gasteiger partial charge in [-0.2, -0.15) is 0 Å². The Morgan fingerprint density at radius 2 is 0.702 bits per heavy atom. The average molecular weight is 732 g/mol. The first-order valence-electron chi connectivity index (χ1n) is 20.6. The molecule has 1 fully saturated rings. The Hall–Kier alpha value is -6.70. The van der Waals surface area contributed by atoms with E-state index in [0.717, 1.165) is 17.1 Å². The average Bonchev–Trinajstić information content (AvgIpc) is 3.30. The summed E-state index contributed by atoms with van der Waals surface area (Å²) in [7, 11) is 0. The molecule has 0 saturated heterocycles. The van der Waals surface area contributed by atoms with E-state index in [4.69, 9.17) is 0 Å². The minimum Gasteiger partial charge on any atom is -0.309 e. The Kier molecular flexibility index (Phi) is 9.42. The van der Waals surface area contributed by atoms with Crippen LogP contribution in [0.25, 0.3) is 66.1 Å². The van der Waals surface area contributed by atoms with Gasteiger partial charge in [0.1, 0.15) is 0 Å². The standard InChI is InChI=1S/C56H45N/c1-4-20-40(21-5-1)45-30-10-13-37-52(45)57(53-38-14-11-31-48(53)50-35-18-28-43-26-16-33-46(55(43)50)41-22-6-2-7-23-41)54-39-15-12-32-49(54)51-36-19-29-44-27-17-34-47(56(44)51)42-24-8-3-9-25-42/h1-2,4-7,10-23,26-39,42H,3,8-9,24-25H2. The molecule has 0 spiro atoms. The largest absolute Gasteiger partial charge is 0.309 e. The van der Waals surface area contributed by atoms with Crippen molar-refractivity contribution in [2.75, 3.05) is 4.90 Å². The Balaban J connectivity index is 1.26. The predicted octanol–water partition coefficient (Wildman–Crippen LogP) is 16.2. The Morgan fingerprint density at radius 3 is 1.28 bits per heavy atom. The van der Waals surface area contributed by atoms with Crippen LogP contribution in [0, 0.1) is 0 Å². The maximum absolute atomic E-state index is 2.54. The number of nitrogens with zero attached hydrogens (tertiary/aromatic N) is 1. The minimum absolute atomic E-state index is 0.580. The summed E-state index contributed by atoms with van der Waals surface area (Å²) in [4.78, 5) is 2.54. The van der Waals surface area contributed by atoms with Gasteiger partial charge in [0.2, 0.25) is 0 Å². The molecule has 9 aromatic carbocycles. The van der Waals surface area contributed by atoms with Crippen LogP contribution in [0.2, 0.25) is 0 Å². The molecule has 1 aliphatic carbocycles. The van der Waals surface area contributed by atoms with Crippen molar-refractivity contribution in [2.45, 2.75) is 38.0 Å². The summed E-state index contributed by atoms with van der Waals surface area (Å²) in [5, 5.41) is 5.19. The number of benzene rings is 9. The van der Waals surface area contributed by atoms with Crippen LogP contribution in [-0.4, -0.2) is 0 Å². The van der Waals surface area contributed by atoms with Crippen molar-refractivity contribution in [1.29, 1.82) is 0 Å². The highest BCUT2D eigenvalue weighted by atomic mass is 15.1. The molecule has 0 heterocycles. The zero-order valence-corrected chi connectivity index (χ0v) is 32.2. The molecule has 1 nitrogen and oxygen atoms in total. The lowest BCUT2D eigenvalue weighted by Crippen LogP contribution is -2.14. The monoisotopic (exact) mass is 731 g/mol. The molecule has 0 bridgehead atoms. The van der Waals surface area contributed by atoms with Gasteiger partial charge in [-0.15, -0.1) is 0 Å². The summed E-state index contributed by atoms with van der Waals surface area (Å²) < 4.78 is 0.